The number of carbonyl (C=O) groups excluding carboxylic acids is 1. The van der Waals surface area contributed by atoms with Crippen molar-refractivity contribution >= 4 is 5.91 Å². The molecular formula is C14H17F3N2O2. The van der Waals surface area contributed by atoms with Crippen molar-refractivity contribution in [1.82, 2.24) is 10.2 Å². The van der Waals surface area contributed by atoms with Crippen molar-refractivity contribution in [2.24, 2.45) is 0 Å². The fourth-order valence-electron chi connectivity index (χ4n) is 2.10. The van der Waals surface area contributed by atoms with E-state index in [0.717, 1.165) is 0 Å². The Labute approximate surface area is 120 Å². The summed E-state index contributed by atoms with van der Waals surface area (Å²) in [5.74, 6) is -3.08. The summed E-state index contributed by atoms with van der Waals surface area (Å²) in [5, 5.41) is 2.52. The minimum Gasteiger partial charge on any atom is -0.492 e. The fourth-order valence-corrected chi connectivity index (χ4v) is 2.10. The van der Waals surface area contributed by atoms with Crippen molar-refractivity contribution in [2.45, 2.75) is 18.4 Å². The normalized spacial score (nSPS) is 20.3. The number of hydrogen-bond acceptors (Lipinski definition) is 3. The van der Waals surface area contributed by atoms with E-state index in [-0.39, 0.29) is 24.9 Å². The van der Waals surface area contributed by atoms with Gasteiger partial charge in [-0.2, -0.15) is 0 Å². The van der Waals surface area contributed by atoms with Gasteiger partial charge >= 0.3 is 0 Å². The molecule has 7 heteroatoms. The Bertz CT molecular complexity index is 493. The molecule has 1 aliphatic heterocycles. The van der Waals surface area contributed by atoms with Crippen molar-refractivity contribution in [3.8, 4) is 5.75 Å². The summed E-state index contributed by atoms with van der Waals surface area (Å²) >= 11 is 0. The highest BCUT2D eigenvalue weighted by molar-refractivity contribution is 5.82. The molecule has 1 amide bonds. The first kappa shape index (κ1) is 15.6. The minimum absolute atomic E-state index is 0.205. The van der Waals surface area contributed by atoms with Crippen LogP contribution in [0.25, 0.3) is 0 Å². The summed E-state index contributed by atoms with van der Waals surface area (Å²) in [6.45, 7) is 0.000270. The molecule has 1 heterocycles. The molecule has 21 heavy (non-hydrogen) atoms. The molecule has 1 aromatic rings. The zero-order chi connectivity index (χ0) is 15.5. The molecule has 0 spiro atoms. The third-order valence-electron chi connectivity index (χ3n) is 3.29. The summed E-state index contributed by atoms with van der Waals surface area (Å²) in [6, 6.07) is 4.66. The zero-order valence-electron chi connectivity index (χ0n) is 11.6. The maximum absolute atomic E-state index is 13.0. The average molecular weight is 302 g/mol. The number of benzene rings is 1. The SMILES string of the molecule is CN(CCOc1ccc(F)cc1)C(=O)C1CC(F)(F)CN1. The predicted molar refractivity (Wildman–Crippen MR) is 70.9 cm³/mol. The van der Waals surface area contributed by atoms with Gasteiger partial charge in [-0.1, -0.05) is 0 Å². The lowest BCUT2D eigenvalue weighted by Crippen LogP contribution is -2.43. The van der Waals surface area contributed by atoms with Gasteiger partial charge in [-0.15, -0.1) is 0 Å². The van der Waals surface area contributed by atoms with E-state index in [4.69, 9.17) is 4.74 Å². The summed E-state index contributed by atoms with van der Waals surface area (Å²) < 4.78 is 44.1. The molecule has 1 N–H and O–H groups in total. The first-order chi connectivity index (χ1) is 9.87. The Hall–Kier alpha value is -1.76. The van der Waals surface area contributed by atoms with Gasteiger partial charge in [0.15, 0.2) is 0 Å². The van der Waals surface area contributed by atoms with E-state index < -0.39 is 24.9 Å². The average Bonchev–Trinajstić information content (AvgIpc) is 2.80. The molecule has 0 radical (unpaired) electrons. The van der Waals surface area contributed by atoms with E-state index in [2.05, 4.69) is 5.32 Å². The first-order valence-corrected chi connectivity index (χ1v) is 6.62. The van der Waals surface area contributed by atoms with Crippen LogP contribution >= 0.6 is 0 Å². The number of nitrogens with zero attached hydrogens (tertiary/aromatic N) is 1. The van der Waals surface area contributed by atoms with Gasteiger partial charge < -0.3 is 9.64 Å². The fraction of sp³-hybridized carbons (Fsp3) is 0.500. The van der Waals surface area contributed by atoms with Gasteiger partial charge in [0, 0.05) is 13.5 Å². The van der Waals surface area contributed by atoms with Gasteiger partial charge in [-0.3, -0.25) is 10.1 Å². The Morgan fingerprint density at radius 1 is 1.43 bits per heavy atom. The van der Waals surface area contributed by atoms with E-state index in [1.54, 1.807) is 0 Å². The number of rotatable bonds is 5. The summed E-state index contributed by atoms with van der Waals surface area (Å²) in [4.78, 5) is 13.3. The van der Waals surface area contributed by atoms with Crippen LogP contribution in [0.2, 0.25) is 0 Å². The first-order valence-electron chi connectivity index (χ1n) is 6.62. The maximum atomic E-state index is 13.0. The number of nitrogens with one attached hydrogen (secondary N) is 1. The van der Waals surface area contributed by atoms with Crippen molar-refractivity contribution in [3.05, 3.63) is 30.1 Å². The molecule has 116 valence electrons. The predicted octanol–water partition coefficient (Wildman–Crippen LogP) is 1.66. The van der Waals surface area contributed by atoms with Crippen LogP contribution in [0.5, 0.6) is 5.75 Å². The van der Waals surface area contributed by atoms with Crippen LogP contribution in [0.3, 0.4) is 0 Å². The van der Waals surface area contributed by atoms with Crippen LogP contribution in [-0.4, -0.2) is 49.5 Å². The van der Waals surface area contributed by atoms with E-state index in [9.17, 15) is 18.0 Å². The lowest BCUT2D eigenvalue weighted by Gasteiger charge is -2.21. The van der Waals surface area contributed by atoms with Gasteiger partial charge in [0.05, 0.1) is 19.1 Å². The van der Waals surface area contributed by atoms with Gasteiger partial charge in [0.25, 0.3) is 5.92 Å². The monoisotopic (exact) mass is 302 g/mol. The molecule has 1 atom stereocenters. The highest BCUT2D eigenvalue weighted by Gasteiger charge is 2.43. The molecule has 1 unspecified atom stereocenters. The van der Waals surface area contributed by atoms with E-state index >= 15 is 0 Å². The second kappa shape index (κ2) is 6.34. The topological polar surface area (TPSA) is 41.6 Å². The largest absolute Gasteiger partial charge is 0.492 e. The van der Waals surface area contributed by atoms with Gasteiger partial charge in [0.2, 0.25) is 5.91 Å². The molecule has 2 rings (SSSR count). The molecule has 1 aromatic carbocycles. The number of halogens is 3. The standard InChI is InChI=1S/C14H17F3N2O2/c1-19(13(20)12-8-14(16,17)9-18-12)6-7-21-11-4-2-10(15)3-5-11/h2-5,12,18H,6-9H2,1H3. The lowest BCUT2D eigenvalue weighted by molar-refractivity contribution is -0.132. The molecule has 0 aliphatic carbocycles. The molecule has 0 saturated carbocycles. The van der Waals surface area contributed by atoms with Crippen molar-refractivity contribution in [2.75, 3.05) is 26.7 Å². The molecule has 1 aliphatic rings. The molecule has 1 fully saturated rings. The smallest absolute Gasteiger partial charge is 0.262 e. The summed E-state index contributed by atoms with van der Waals surface area (Å²) in [5.41, 5.74) is 0. The van der Waals surface area contributed by atoms with Crippen molar-refractivity contribution in [1.29, 1.82) is 0 Å². The second-order valence-electron chi connectivity index (χ2n) is 5.06. The minimum atomic E-state index is -2.83. The lowest BCUT2D eigenvalue weighted by atomic mass is 10.2. The van der Waals surface area contributed by atoms with Gasteiger partial charge in [-0.05, 0) is 24.3 Å². The van der Waals surface area contributed by atoms with Crippen LogP contribution in [-0.2, 0) is 4.79 Å². The third kappa shape index (κ3) is 4.35. The molecular weight excluding hydrogens is 285 g/mol. The van der Waals surface area contributed by atoms with Crippen molar-refractivity contribution < 1.29 is 22.7 Å². The molecule has 1 saturated heterocycles. The molecule has 0 aromatic heterocycles. The van der Waals surface area contributed by atoms with Crippen molar-refractivity contribution in [3.63, 3.8) is 0 Å². The van der Waals surface area contributed by atoms with E-state index in [1.807, 2.05) is 0 Å². The third-order valence-corrected chi connectivity index (χ3v) is 3.29. The Morgan fingerprint density at radius 2 is 2.10 bits per heavy atom. The summed E-state index contributed by atoms with van der Waals surface area (Å²) in [7, 11) is 1.54. The molecule has 0 bridgehead atoms. The zero-order valence-corrected chi connectivity index (χ0v) is 11.6. The van der Waals surface area contributed by atoms with E-state index in [0.29, 0.717) is 5.75 Å². The maximum Gasteiger partial charge on any atom is 0.262 e. The number of likely N-dealkylation sites (N-methyl/N-ethyl adjacent to an activating group) is 1. The highest BCUT2D eigenvalue weighted by Crippen LogP contribution is 2.25. The molecule has 4 nitrogen and oxygen atoms in total. The Kier molecular flexibility index (Phi) is 4.72. The highest BCUT2D eigenvalue weighted by atomic mass is 19.3. The van der Waals surface area contributed by atoms with Gasteiger partial charge in [0.1, 0.15) is 18.2 Å². The quantitative estimate of drug-likeness (QED) is 0.899. The van der Waals surface area contributed by atoms with Crippen LogP contribution in [0.4, 0.5) is 13.2 Å². The van der Waals surface area contributed by atoms with E-state index in [1.165, 1.54) is 36.2 Å². The number of alkyl halides is 2. The number of hydrogen-bond donors (Lipinski definition) is 1. The number of carbonyl (C=O) groups is 1. The Morgan fingerprint density at radius 3 is 2.67 bits per heavy atom. The van der Waals surface area contributed by atoms with Crippen LogP contribution in [0.1, 0.15) is 6.42 Å². The van der Waals surface area contributed by atoms with Crippen LogP contribution in [0, 0.1) is 5.82 Å². The van der Waals surface area contributed by atoms with Crippen LogP contribution < -0.4 is 10.1 Å². The Balaban J connectivity index is 1.75. The van der Waals surface area contributed by atoms with Crippen LogP contribution in [0.15, 0.2) is 24.3 Å². The summed E-state index contributed by atoms with van der Waals surface area (Å²) in [6.07, 6.45) is -0.477. The van der Waals surface area contributed by atoms with Gasteiger partial charge in [-0.25, -0.2) is 13.2 Å². The second-order valence-corrected chi connectivity index (χ2v) is 5.06. The number of amides is 1. The number of ether oxygens (including phenoxy) is 1.